The molecule has 27 heteroatoms. The van der Waals surface area contributed by atoms with Gasteiger partial charge in [-0.05, 0) is 0 Å². The van der Waals surface area contributed by atoms with Gasteiger partial charge in [0.25, 0.3) is 0 Å². The summed E-state index contributed by atoms with van der Waals surface area (Å²) in [6.07, 6.45) is -2.17. The average Bonchev–Trinajstić information content (AvgIpc) is 3.41. The van der Waals surface area contributed by atoms with Crippen LogP contribution in [-0.2, 0) is 75.8 Å². The van der Waals surface area contributed by atoms with Gasteiger partial charge >= 0.3 is 0 Å². The number of hydrogen-bond donors (Lipinski definition) is 0. The first kappa shape index (κ1) is 60.6. The quantitative estimate of drug-likeness (QED) is 0.0547. The summed E-state index contributed by atoms with van der Waals surface area (Å²) in [5, 5.41) is 1.31. The molecule has 16 nitrogen and oxygen atoms in total. The molecule has 0 amide bonds. The van der Waals surface area contributed by atoms with Gasteiger partial charge in [0.2, 0.25) is 0 Å². The first-order valence-corrected chi connectivity index (χ1v) is 37.2. The average molecular weight is 1310 g/mol. The molecule has 0 aromatic carbocycles. The second kappa shape index (κ2) is 35.4. The van der Waals surface area contributed by atoms with Gasteiger partial charge < -0.3 is 75.8 Å². The Balaban J connectivity index is 0.537. The highest BCUT2D eigenvalue weighted by Crippen LogP contribution is 2.30. The van der Waals surface area contributed by atoms with Crippen molar-refractivity contribution < 1.29 is 75.8 Å². The van der Waals surface area contributed by atoms with Crippen molar-refractivity contribution in [1.82, 2.24) is 0 Å². The van der Waals surface area contributed by atoms with Gasteiger partial charge in [-0.15, -0.1) is 0 Å². The summed E-state index contributed by atoms with van der Waals surface area (Å²) in [7, 11) is 0. The minimum absolute atomic E-state index is 0.0466. The third kappa shape index (κ3) is 21.7. The first-order chi connectivity index (χ1) is 35.1. The molecule has 8 fully saturated rings. The molecular weight excluding hydrogens is 1230 g/mol. The van der Waals surface area contributed by atoms with E-state index in [4.69, 9.17) is 75.8 Å². The molecule has 8 saturated heterocycles. The fraction of sp³-hybridized carbons (Fsp3) is 1.00. The number of ether oxygens (including phenoxy) is 16. The van der Waals surface area contributed by atoms with Crippen molar-refractivity contribution in [3.8, 4) is 0 Å². The standard InChI is InChI=1S/C44H72Br2O16S9/c45-13-37-47-15-31-29(55-37)17-49-39(57-31)23-66-7-1-63-3-9-68-25-41-51-19-35-33(59-41)21-53-43(61-35)27-70-11-5-65-6-12-71-28-44-54-22-34-36(62-44)20-52-42(60-34)26-69-10-4-64-2-8-67-24-40-50-18-30-32(58-40)16-48-38(14-46)56-30/h29-44H,1-28H2/t29-,30-,31-,32-,33-,34-,35-,36-,37+,38+,39+,40+,41+,42+,43+,44+/m0/s1. The van der Waals surface area contributed by atoms with E-state index < -0.39 is 0 Å². The van der Waals surface area contributed by atoms with Crippen LogP contribution in [0.4, 0.5) is 0 Å². The molecule has 0 spiro atoms. The predicted molar refractivity (Wildman–Crippen MR) is 300 cm³/mol. The summed E-state index contributed by atoms with van der Waals surface area (Å²) in [4.78, 5) is 0. The van der Waals surface area contributed by atoms with Crippen LogP contribution >= 0.6 is 138 Å². The normalized spacial score (nSPS) is 37.4. The minimum Gasteiger partial charge on any atom is -0.349 e. The van der Waals surface area contributed by atoms with Crippen LogP contribution in [0.15, 0.2) is 0 Å². The highest BCUT2D eigenvalue weighted by molar-refractivity contribution is 9.09. The van der Waals surface area contributed by atoms with E-state index in [9.17, 15) is 0 Å². The molecular formula is C44H72Br2O16S9. The zero-order valence-electron chi connectivity index (χ0n) is 40.0. The zero-order chi connectivity index (χ0) is 48.7. The largest absolute Gasteiger partial charge is 0.349 e. The maximum Gasteiger partial charge on any atom is 0.167 e. The molecule has 0 aromatic heterocycles. The molecule has 0 aromatic rings. The van der Waals surface area contributed by atoms with Crippen molar-refractivity contribution in [2.24, 2.45) is 0 Å². The molecule has 71 heavy (non-hydrogen) atoms. The third-order valence-electron chi connectivity index (χ3n) is 11.8. The van der Waals surface area contributed by atoms with Crippen molar-refractivity contribution >= 4 is 138 Å². The maximum atomic E-state index is 6.22. The Morgan fingerprint density at radius 1 is 0.225 bits per heavy atom. The number of alkyl halides is 2. The monoisotopic (exact) mass is 1300 g/mol. The second-order valence-corrected chi connectivity index (χ2v) is 29.0. The number of fused-ring (bicyclic) bond motifs is 4. The Labute approximate surface area is 475 Å². The summed E-state index contributed by atoms with van der Waals surface area (Å²) in [5.74, 6) is 17.9. The van der Waals surface area contributed by atoms with Crippen LogP contribution in [0.25, 0.3) is 0 Å². The lowest BCUT2D eigenvalue weighted by atomic mass is 10.2. The molecule has 8 aliphatic rings. The van der Waals surface area contributed by atoms with Gasteiger partial charge in [-0.3, -0.25) is 0 Å². The van der Waals surface area contributed by atoms with Gasteiger partial charge in [0, 0.05) is 104 Å². The molecule has 8 heterocycles. The summed E-state index contributed by atoms with van der Waals surface area (Å²) in [5.41, 5.74) is 0. The lowest BCUT2D eigenvalue weighted by Gasteiger charge is -2.41. The molecule has 412 valence electrons. The van der Waals surface area contributed by atoms with Gasteiger partial charge in [-0.25, -0.2) is 0 Å². The Kier molecular flexibility index (Phi) is 30.2. The SMILES string of the molecule is BrC[C@@H]1OC[C@@H]2O[C@H](CSCCSCCSC[C@@H]3OC[C@@H]4O[C@H](CSCCSCCSC[C@@H]5OC[C@@H]6O[C@H](CSCCSCCSC[C@@H]7OC[C@@H]8O[C@H](CBr)OC[C@@H]8O7)OC[C@@H]6O5)OC[C@@H]4O3)OC[C@@H]2O1. The second-order valence-electron chi connectivity index (χ2n) is 17.1. The van der Waals surface area contributed by atoms with Crippen LogP contribution < -0.4 is 0 Å². The predicted octanol–water partition coefficient (Wildman–Crippen LogP) is 6.31. The van der Waals surface area contributed by atoms with E-state index >= 15 is 0 Å². The van der Waals surface area contributed by atoms with E-state index in [1.54, 1.807) is 0 Å². The van der Waals surface area contributed by atoms with E-state index in [1.807, 2.05) is 106 Å². The molecule has 8 aliphatic heterocycles. The van der Waals surface area contributed by atoms with E-state index in [-0.39, 0.29) is 99.2 Å². The van der Waals surface area contributed by atoms with Gasteiger partial charge in [-0.1, -0.05) is 31.9 Å². The summed E-state index contributed by atoms with van der Waals surface area (Å²) in [6.45, 7) is 4.44. The van der Waals surface area contributed by atoms with Crippen LogP contribution in [-0.4, -0.2) is 266 Å². The Morgan fingerprint density at radius 3 is 0.563 bits per heavy atom. The number of rotatable bonds is 32. The fourth-order valence-corrected chi connectivity index (χ4v) is 18.3. The first-order valence-electron chi connectivity index (χ1n) is 24.6. The minimum atomic E-state index is -0.220. The molecule has 0 radical (unpaired) electrons. The van der Waals surface area contributed by atoms with E-state index in [2.05, 4.69) is 31.9 Å². The van der Waals surface area contributed by atoms with Gasteiger partial charge in [0.05, 0.1) is 63.5 Å². The molecule has 0 unspecified atom stereocenters. The lowest BCUT2D eigenvalue weighted by Crippen LogP contribution is -2.54. The van der Waals surface area contributed by atoms with Crippen molar-refractivity contribution in [2.45, 2.75) is 99.2 Å². The molecule has 0 saturated carbocycles. The van der Waals surface area contributed by atoms with Crippen LogP contribution in [0.3, 0.4) is 0 Å². The van der Waals surface area contributed by atoms with Gasteiger partial charge in [-0.2, -0.15) is 106 Å². The van der Waals surface area contributed by atoms with Crippen LogP contribution in [0, 0.1) is 0 Å². The molecule has 8 rings (SSSR count). The maximum absolute atomic E-state index is 6.22. The number of halogens is 2. The topological polar surface area (TPSA) is 148 Å². The Morgan fingerprint density at radius 2 is 0.380 bits per heavy atom. The molecule has 16 atom stereocenters. The smallest absolute Gasteiger partial charge is 0.167 e. The Hall–Kier alpha value is 3.47. The van der Waals surface area contributed by atoms with Crippen LogP contribution in [0.2, 0.25) is 0 Å². The number of thioether (sulfide) groups is 9. The lowest BCUT2D eigenvalue weighted by molar-refractivity contribution is -0.326. The zero-order valence-corrected chi connectivity index (χ0v) is 50.5. The molecule has 0 N–H and O–H groups in total. The summed E-state index contributed by atoms with van der Waals surface area (Å²) < 4.78 is 95.9. The summed E-state index contributed by atoms with van der Waals surface area (Å²) >= 11 is 24.0. The van der Waals surface area contributed by atoms with E-state index in [0.29, 0.717) is 63.5 Å². The third-order valence-corrected chi connectivity index (χ3v) is 23.4. The van der Waals surface area contributed by atoms with Crippen molar-refractivity contribution in [3.05, 3.63) is 0 Å². The Bertz CT molecular complexity index is 1350. The molecule has 0 aliphatic carbocycles. The van der Waals surface area contributed by atoms with E-state index in [0.717, 1.165) is 104 Å². The van der Waals surface area contributed by atoms with Crippen molar-refractivity contribution in [2.75, 3.05) is 167 Å². The van der Waals surface area contributed by atoms with Crippen LogP contribution in [0.1, 0.15) is 0 Å². The fourth-order valence-electron chi connectivity index (χ4n) is 8.14. The van der Waals surface area contributed by atoms with Crippen molar-refractivity contribution in [1.29, 1.82) is 0 Å². The highest BCUT2D eigenvalue weighted by atomic mass is 79.9. The van der Waals surface area contributed by atoms with E-state index in [1.165, 1.54) is 0 Å². The van der Waals surface area contributed by atoms with Gasteiger partial charge in [0.1, 0.15) is 48.8 Å². The van der Waals surface area contributed by atoms with Crippen LogP contribution in [0.5, 0.6) is 0 Å². The summed E-state index contributed by atoms with van der Waals surface area (Å²) in [6, 6.07) is 0. The van der Waals surface area contributed by atoms with Crippen molar-refractivity contribution in [3.63, 3.8) is 0 Å². The molecule has 0 bridgehead atoms. The van der Waals surface area contributed by atoms with Gasteiger partial charge in [0.15, 0.2) is 50.3 Å². The number of hydrogen-bond acceptors (Lipinski definition) is 25. The highest BCUT2D eigenvalue weighted by Gasteiger charge is 2.42.